The first-order valence-corrected chi connectivity index (χ1v) is 8.31. The van der Waals surface area contributed by atoms with Gasteiger partial charge >= 0.3 is 5.97 Å². The molecule has 0 saturated heterocycles. The van der Waals surface area contributed by atoms with E-state index in [4.69, 9.17) is 14.2 Å². The van der Waals surface area contributed by atoms with Crippen LogP contribution in [0.2, 0.25) is 0 Å². The molecule has 1 N–H and O–H groups in total. The molecule has 1 aliphatic carbocycles. The van der Waals surface area contributed by atoms with Crippen LogP contribution in [0.4, 0.5) is 0 Å². The number of para-hydroxylation sites is 2. The summed E-state index contributed by atoms with van der Waals surface area (Å²) in [5, 5.41) is 2.94. The lowest BCUT2D eigenvalue weighted by Crippen LogP contribution is -2.43. The van der Waals surface area contributed by atoms with E-state index in [0.29, 0.717) is 17.4 Å². The minimum absolute atomic E-state index is 0.176. The van der Waals surface area contributed by atoms with Gasteiger partial charge in [-0.2, -0.15) is 0 Å². The Bertz CT molecular complexity index is 560. The quantitative estimate of drug-likeness (QED) is 0.774. The maximum Gasteiger partial charge on any atom is 0.344 e. The van der Waals surface area contributed by atoms with Gasteiger partial charge in [-0.25, -0.2) is 4.79 Å². The average Bonchev–Trinajstić information content (AvgIpc) is 2.60. The topological polar surface area (TPSA) is 73.9 Å². The van der Waals surface area contributed by atoms with Crippen molar-refractivity contribution < 1.29 is 23.8 Å². The number of carbonyl (C=O) groups is 2. The molecule has 1 saturated carbocycles. The van der Waals surface area contributed by atoms with Crippen LogP contribution in [-0.2, 0) is 14.3 Å². The lowest BCUT2D eigenvalue weighted by Gasteiger charge is -2.29. The fourth-order valence-corrected chi connectivity index (χ4v) is 2.84. The first-order valence-electron chi connectivity index (χ1n) is 8.31. The van der Waals surface area contributed by atoms with Gasteiger partial charge in [0.05, 0.1) is 7.11 Å². The SMILES string of the molecule is COc1ccccc1OCC(=O)OCC(=O)N[C@H]1CCCC[C@H]1C. The van der Waals surface area contributed by atoms with Crippen molar-refractivity contribution in [3.8, 4) is 11.5 Å². The highest BCUT2D eigenvalue weighted by atomic mass is 16.6. The van der Waals surface area contributed by atoms with E-state index in [9.17, 15) is 9.59 Å². The van der Waals surface area contributed by atoms with Crippen molar-refractivity contribution in [1.29, 1.82) is 0 Å². The second-order valence-corrected chi connectivity index (χ2v) is 6.04. The molecule has 0 spiro atoms. The normalized spacial score (nSPS) is 20.1. The highest BCUT2D eigenvalue weighted by molar-refractivity contribution is 5.81. The third kappa shape index (κ3) is 5.44. The Hall–Kier alpha value is -2.24. The lowest BCUT2D eigenvalue weighted by molar-refractivity contribution is -0.150. The molecular formula is C18H25NO5. The number of rotatable bonds is 7. The van der Waals surface area contributed by atoms with Crippen molar-refractivity contribution >= 4 is 11.9 Å². The van der Waals surface area contributed by atoms with E-state index in [1.807, 2.05) is 0 Å². The molecule has 1 aromatic carbocycles. The zero-order valence-corrected chi connectivity index (χ0v) is 14.2. The molecule has 6 nitrogen and oxygen atoms in total. The molecule has 0 aromatic heterocycles. The summed E-state index contributed by atoms with van der Waals surface area (Å²) in [4.78, 5) is 23.6. The fraction of sp³-hybridized carbons (Fsp3) is 0.556. The van der Waals surface area contributed by atoms with Gasteiger partial charge < -0.3 is 19.5 Å². The van der Waals surface area contributed by atoms with E-state index in [1.165, 1.54) is 13.5 Å². The van der Waals surface area contributed by atoms with Crippen molar-refractivity contribution in [2.45, 2.75) is 38.6 Å². The van der Waals surface area contributed by atoms with Gasteiger partial charge in [0.25, 0.3) is 5.91 Å². The Morgan fingerprint density at radius 3 is 2.54 bits per heavy atom. The molecule has 2 atom stereocenters. The summed E-state index contributed by atoms with van der Waals surface area (Å²) in [7, 11) is 1.52. The van der Waals surface area contributed by atoms with Gasteiger partial charge in [-0.3, -0.25) is 4.79 Å². The maximum atomic E-state index is 11.9. The van der Waals surface area contributed by atoms with E-state index in [2.05, 4.69) is 12.2 Å². The van der Waals surface area contributed by atoms with Crippen molar-refractivity contribution in [3.63, 3.8) is 0 Å². The minimum Gasteiger partial charge on any atom is -0.493 e. The summed E-state index contributed by atoms with van der Waals surface area (Å²) in [6.45, 7) is 1.59. The molecule has 0 bridgehead atoms. The van der Waals surface area contributed by atoms with Crippen LogP contribution in [0.3, 0.4) is 0 Å². The standard InChI is InChI=1S/C18H25NO5/c1-13-7-3-4-8-14(13)19-17(20)11-24-18(21)12-23-16-10-6-5-9-15(16)22-2/h5-6,9-10,13-14H,3-4,7-8,11-12H2,1-2H3,(H,19,20)/t13-,14+/m1/s1. The number of hydrogen-bond acceptors (Lipinski definition) is 5. The van der Waals surface area contributed by atoms with Gasteiger partial charge in [-0.05, 0) is 30.9 Å². The first kappa shape index (κ1) is 18.1. The Labute approximate surface area is 142 Å². The van der Waals surface area contributed by atoms with Gasteiger partial charge in [-0.15, -0.1) is 0 Å². The van der Waals surface area contributed by atoms with Crippen LogP contribution in [0.25, 0.3) is 0 Å². The third-order valence-electron chi connectivity index (χ3n) is 4.24. The Balaban J connectivity index is 1.69. The van der Waals surface area contributed by atoms with Crippen LogP contribution in [0.1, 0.15) is 32.6 Å². The predicted molar refractivity (Wildman–Crippen MR) is 89.0 cm³/mol. The number of amides is 1. The molecule has 0 heterocycles. The zero-order valence-electron chi connectivity index (χ0n) is 14.2. The summed E-state index contributed by atoms with van der Waals surface area (Å²) >= 11 is 0. The molecule has 6 heteroatoms. The van der Waals surface area contributed by atoms with Gasteiger partial charge in [0.15, 0.2) is 24.7 Å². The van der Waals surface area contributed by atoms with Crippen LogP contribution >= 0.6 is 0 Å². The largest absolute Gasteiger partial charge is 0.493 e. The number of nitrogens with one attached hydrogen (secondary N) is 1. The number of ether oxygens (including phenoxy) is 3. The first-order chi connectivity index (χ1) is 11.6. The molecule has 0 radical (unpaired) electrons. The second kappa shape index (κ2) is 9.15. The van der Waals surface area contributed by atoms with Crippen LogP contribution in [0.5, 0.6) is 11.5 Å². The molecule has 1 amide bonds. The molecule has 2 rings (SSSR count). The Kier molecular flexibility index (Phi) is 6.90. The van der Waals surface area contributed by atoms with E-state index in [1.54, 1.807) is 24.3 Å². The number of hydrogen-bond donors (Lipinski definition) is 1. The molecule has 1 aromatic rings. The van der Waals surface area contributed by atoms with Gasteiger partial charge in [0, 0.05) is 6.04 Å². The number of carbonyl (C=O) groups excluding carboxylic acids is 2. The van der Waals surface area contributed by atoms with Crippen LogP contribution in [0, 0.1) is 5.92 Å². The predicted octanol–water partition coefficient (Wildman–Crippen LogP) is 2.31. The van der Waals surface area contributed by atoms with Crippen molar-refractivity contribution in [2.75, 3.05) is 20.3 Å². The molecule has 0 aliphatic heterocycles. The zero-order chi connectivity index (χ0) is 17.4. The van der Waals surface area contributed by atoms with E-state index < -0.39 is 5.97 Å². The van der Waals surface area contributed by atoms with Gasteiger partial charge in [-0.1, -0.05) is 31.9 Å². The van der Waals surface area contributed by atoms with E-state index >= 15 is 0 Å². The smallest absolute Gasteiger partial charge is 0.344 e. The lowest BCUT2D eigenvalue weighted by atomic mass is 9.86. The summed E-state index contributed by atoms with van der Waals surface area (Å²) in [5.74, 6) is 0.603. The molecule has 132 valence electrons. The number of benzene rings is 1. The number of esters is 1. The maximum absolute atomic E-state index is 11.9. The Morgan fingerprint density at radius 1 is 1.12 bits per heavy atom. The van der Waals surface area contributed by atoms with Crippen LogP contribution in [0.15, 0.2) is 24.3 Å². The van der Waals surface area contributed by atoms with Crippen molar-refractivity contribution in [2.24, 2.45) is 5.92 Å². The molecule has 1 fully saturated rings. The van der Waals surface area contributed by atoms with Gasteiger partial charge in [0.2, 0.25) is 0 Å². The Morgan fingerprint density at radius 2 is 1.83 bits per heavy atom. The van der Waals surface area contributed by atoms with E-state index in [0.717, 1.165) is 19.3 Å². The highest BCUT2D eigenvalue weighted by Gasteiger charge is 2.23. The van der Waals surface area contributed by atoms with Crippen LogP contribution < -0.4 is 14.8 Å². The van der Waals surface area contributed by atoms with Crippen LogP contribution in [-0.4, -0.2) is 38.2 Å². The van der Waals surface area contributed by atoms with E-state index in [-0.39, 0.29) is 25.2 Å². The fourth-order valence-electron chi connectivity index (χ4n) is 2.84. The van der Waals surface area contributed by atoms with Gasteiger partial charge in [0.1, 0.15) is 0 Å². The average molecular weight is 335 g/mol. The molecule has 1 aliphatic rings. The third-order valence-corrected chi connectivity index (χ3v) is 4.24. The minimum atomic E-state index is -0.590. The summed E-state index contributed by atoms with van der Waals surface area (Å²) in [5.41, 5.74) is 0. The molecule has 24 heavy (non-hydrogen) atoms. The summed E-state index contributed by atoms with van der Waals surface area (Å²) in [6, 6.07) is 7.19. The monoisotopic (exact) mass is 335 g/mol. The summed E-state index contributed by atoms with van der Waals surface area (Å²) in [6.07, 6.45) is 4.44. The number of methoxy groups -OCH3 is 1. The van der Waals surface area contributed by atoms with Crippen molar-refractivity contribution in [3.05, 3.63) is 24.3 Å². The second-order valence-electron chi connectivity index (χ2n) is 6.04. The highest BCUT2D eigenvalue weighted by Crippen LogP contribution is 2.25. The summed E-state index contributed by atoms with van der Waals surface area (Å²) < 4.78 is 15.4. The molecule has 0 unspecified atom stereocenters. The molecular weight excluding hydrogens is 310 g/mol. The van der Waals surface area contributed by atoms with Crippen molar-refractivity contribution in [1.82, 2.24) is 5.32 Å².